The van der Waals surface area contributed by atoms with Crippen LogP contribution in [0.2, 0.25) is 5.02 Å². The second-order valence-corrected chi connectivity index (χ2v) is 7.46. The van der Waals surface area contributed by atoms with Crippen LogP contribution in [0.1, 0.15) is 54.1 Å². The third-order valence-electron chi connectivity index (χ3n) is 4.68. The molecule has 0 heterocycles. The fourth-order valence-corrected chi connectivity index (χ4v) is 3.53. The summed E-state index contributed by atoms with van der Waals surface area (Å²) in [6.45, 7) is 7.79. The second kappa shape index (κ2) is 7.50. The molecule has 0 radical (unpaired) electrons. The molecule has 0 aliphatic carbocycles. The Morgan fingerprint density at radius 1 is 0.630 bits per heavy atom. The molecule has 0 N–H and O–H groups in total. The van der Waals surface area contributed by atoms with Crippen molar-refractivity contribution in [3.63, 3.8) is 0 Å². The van der Waals surface area contributed by atoms with Gasteiger partial charge in [0.2, 0.25) is 0 Å². The van der Waals surface area contributed by atoms with Gasteiger partial charge in [-0.15, -0.1) is 0 Å². The van der Waals surface area contributed by atoms with Gasteiger partial charge < -0.3 is 0 Å². The fourth-order valence-electron chi connectivity index (χ4n) is 3.30. The highest BCUT2D eigenvalue weighted by Gasteiger charge is 2.18. The Kier molecular flexibility index (Phi) is 5.29. The number of rotatable bonds is 4. The van der Waals surface area contributed by atoms with Crippen molar-refractivity contribution in [1.82, 2.24) is 0 Å². The van der Waals surface area contributed by atoms with Crippen molar-refractivity contribution in [3.8, 4) is 0 Å². The van der Waals surface area contributed by atoms with Crippen LogP contribution >= 0.6 is 11.6 Å². The van der Waals surface area contributed by atoms with Crippen molar-refractivity contribution in [2.45, 2.75) is 27.7 Å². The lowest BCUT2D eigenvalue weighted by Gasteiger charge is -2.10. The monoisotopic (exact) mass is 376 g/mol. The Labute approximate surface area is 164 Å². The maximum atomic E-state index is 13.0. The molecule has 0 saturated carbocycles. The van der Waals surface area contributed by atoms with Gasteiger partial charge in [0.05, 0.1) is 0 Å². The molecule has 0 fully saturated rings. The van der Waals surface area contributed by atoms with E-state index in [0.717, 1.165) is 22.3 Å². The summed E-state index contributed by atoms with van der Waals surface area (Å²) in [6.07, 6.45) is 0. The summed E-state index contributed by atoms with van der Waals surface area (Å²) in [6, 6.07) is 16.3. The number of carbonyl (C=O) groups is 2. The molecule has 0 atom stereocenters. The summed E-state index contributed by atoms with van der Waals surface area (Å²) in [5.41, 5.74) is 6.08. The van der Waals surface area contributed by atoms with Crippen molar-refractivity contribution in [3.05, 3.63) is 104 Å². The summed E-state index contributed by atoms with van der Waals surface area (Å²) in [5.74, 6) is -0.269. The van der Waals surface area contributed by atoms with Crippen LogP contribution in [-0.2, 0) is 0 Å². The molecule has 3 heteroatoms. The first kappa shape index (κ1) is 19.1. The van der Waals surface area contributed by atoms with E-state index < -0.39 is 0 Å². The SMILES string of the molecule is Cc1ccc(C(=O)c2cc(Cl)cc(C(=O)c3ccc(C)cc3C)c2)c(C)c1. The molecule has 3 rings (SSSR count). The number of aryl methyl sites for hydroxylation is 4. The van der Waals surface area contributed by atoms with Crippen molar-refractivity contribution in [1.29, 1.82) is 0 Å². The summed E-state index contributed by atoms with van der Waals surface area (Å²) in [5, 5.41) is 0.374. The molecular formula is C24H21ClO2. The average Bonchev–Trinajstić information content (AvgIpc) is 2.60. The van der Waals surface area contributed by atoms with Gasteiger partial charge in [-0.05, 0) is 57.0 Å². The standard InChI is InChI=1S/C24H21ClO2/c1-14-5-7-21(16(3)9-14)23(26)18-11-19(13-20(25)12-18)24(27)22-8-6-15(2)10-17(22)4/h5-13H,1-4H3. The van der Waals surface area contributed by atoms with E-state index in [-0.39, 0.29) is 11.6 Å². The summed E-state index contributed by atoms with van der Waals surface area (Å²) in [7, 11) is 0. The normalized spacial score (nSPS) is 10.7. The number of benzene rings is 3. The zero-order valence-corrected chi connectivity index (χ0v) is 16.6. The van der Waals surface area contributed by atoms with Crippen molar-refractivity contribution in [2.24, 2.45) is 0 Å². The molecule has 0 saturated heterocycles. The highest BCUT2D eigenvalue weighted by atomic mass is 35.5. The van der Waals surface area contributed by atoms with Crippen molar-refractivity contribution >= 4 is 23.2 Å². The predicted molar refractivity (Wildman–Crippen MR) is 110 cm³/mol. The van der Waals surface area contributed by atoms with E-state index in [0.29, 0.717) is 27.3 Å². The lowest BCUT2D eigenvalue weighted by atomic mass is 9.93. The van der Waals surface area contributed by atoms with Gasteiger partial charge in [-0.2, -0.15) is 0 Å². The van der Waals surface area contributed by atoms with Crippen LogP contribution in [0.25, 0.3) is 0 Å². The molecule has 0 unspecified atom stereocenters. The van der Waals surface area contributed by atoms with Crippen molar-refractivity contribution < 1.29 is 9.59 Å². The van der Waals surface area contributed by atoms with E-state index in [4.69, 9.17) is 11.6 Å². The molecule has 2 nitrogen and oxygen atoms in total. The predicted octanol–water partition coefficient (Wildman–Crippen LogP) is 6.04. The lowest BCUT2D eigenvalue weighted by Crippen LogP contribution is -2.08. The summed E-state index contributed by atoms with van der Waals surface area (Å²) < 4.78 is 0. The van der Waals surface area contributed by atoms with Gasteiger partial charge in [0, 0.05) is 27.3 Å². The van der Waals surface area contributed by atoms with E-state index in [9.17, 15) is 9.59 Å². The zero-order chi connectivity index (χ0) is 19.7. The third kappa shape index (κ3) is 4.01. The first-order chi connectivity index (χ1) is 12.8. The highest BCUT2D eigenvalue weighted by molar-refractivity contribution is 6.32. The van der Waals surface area contributed by atoms with Crippen LogP contribution in [0, 0.1) is 27.7 Å². The van der Waals surface area contributed by atoms with E-state index in [1.807, 2.05) is 64.1 Å². The third-order valence-corrected chi connectivity index (χ3v) is 4.89. The molecule has 0 spiro atoms. The van der Waals surface area contributed by atoms with Crippen molar-refractivity contribution in [2.75, 3.05) is 0 Å². The highest BCUT2D eigenvalue weighted by Crippen LogP contribution is 2.23. The quantitative estimate of drug-likeness (QED) is 0.520. The van der Waals surface area contributed by atoms with Gasteiger partial charge in [0.15, 0.2) is 11.6 Å². The maximum absolute atomic E-state index is 13.0. The summed E-state index contributed by atoms with van der Waals surface area (Å²) in [4.78, 5) is 26.0. The molecule has 0 aliphatic rings. The Morgan fingerprint density at radius 2 is 1.04 bits per heavy atom. The van der Waals surface area contributed by atoms with Crippen LogP contribution in [0.15, 0.2) is 54.6 Å². The number of carbonyl (C=O) groups excluding carboxylic acids is 2. The van der Waals surface area contributed by atoms with Crippen LogP contribution in [0.5, 0.6) is 0 Å². The molecule has 0 bridgehead atoms. The molecular weight excluding hydrogens is 356 g/mol. The smallest absolute Gasteiger partial charge is 0.193 e. The second-order valence-electron chi connectivity index (χ2n) is 7.02. The van der Waals surface area contributed by atoms with Gasteiger partial charge in [0.25, 0.3) is 0 Å². The minimum atomic E-state index is -0.135. The van der Waals surface area contributed by atoms with Crippen LogP contribution in [0.3, 0.4) is 0 Å². The minimum absolute atomic E-state index is 0.135. The Bertz CT molecular complexity index is 982. The first-order valence-electron chi connectivity index (χ1n) is 8.81. The zero-order valence-electron chi connectivity index (χ0n) is 15.9. The topological polar surface area (TPSA) is 34.1 Å². The van der Waals surface area contributed by atoms with E-state index in [2.05, 4.69) is 0 Å². The van der Waals surface area contributed by atoms with Gasteiger partial charge in [0.1, 0.15) is 0 Å². The van der Waals surface area contributed by atoms with E-state index in [1.165, 1.54) is 0 Å². The molecule has 27 heavy (non-hydrogen) atoms. The molecule has 0 aromatic heterocycles. The van der Waals surface area contributed by atoms with Crippen LogP contribution in [0.4, 0.5) is 0 Å². The molecule has 0 amide bonds. The largest absolute Gasteiger partial charge is 0.289 e. The maximum Gasteiger partial charge on any atom is 0.193 e. The Hall–Kier alpha value is -2.71. The minimum Gasteiger partial charge on any atom is -0.289 e. The fraction of sp³-hybridized carbons (Fsp3) is 0.167. The first-order valence-corrected chi connectivity index (χ1v) is 9.18. The van der Waals surface area contributed by atoms with Gasteiger partial charge >= 0.3 is 0 Å². The van der Waals surface area contributed by atoms with Gasteiger partial charge in [-0.3, -0.25) is 9.59 Å². The molecule has 3 aromatic rings. The number of hydrogen-bond donors (Lipinski definition) is 0. The van der Waals surface area contributed by atoms with E-state index >= 15 is 0 Å². The summed E-state index contributed by atoms with van der Waals surface area (Å²) >= 11 is 6.24. The van der Waals surface area contributed by atoms with Gasteiger partial charge in [-0.1, -0.05) is 59.1 Å². The molecule has 3 aromatic carbocycles. The van der Waals surface area contributed by atoms with E-state index in [1.54, 1.807) is 18.2 Å². The number of ketones is 2. The average molecular weight is 377 g/mol. The molecule has 0 aliphatic heterocycles. The molecule has 136 valence electrons. The Morgan fingerprint density at radius 3 is 1.41 bits per heavy atom. The van der Waals surface area contributed by atoms with Crippen LogP contribution in [-0.4, -0.2) is 11.6 Å². The van der Waals surface area contributed by atoms with Crippen LogP contribution < -0.4 is 0 Å². The number of halogens is 1. The number of hydrogen-bond acceptors (Lipinski definition) is 2. The Balaban J connectivity index is 2.04. The van der Waals surface area contributed by atoms with Gasteiger partial charge in [-0.25, -0.2) is 0 Å². The lowest BCUT2D eigenvalue weighted by molar-refractivity contribution is 0.103.